The van der Waals surface area contributed by atoms with Crippen molar-refractivity contribution in [2.45, 2.75) is 31.6 Å². The van der Waals surface area contributed by atoms with Crippen molar-refractivity contribution in [1.82, 2.24) is 4.57 Å². The molecule has 0 N–H and O–H groups in total. The zero-order valence-electron chi connectivity index (χ0n) is 44.5. The van der Waals surface area contributed by atoms with Crippen LogP contribution in [0.1, 0.15) is 48.6 Å². The Morgan fingerprint density at radius 2 is 0.848 bits per heavy atom. The van der Waals surface area contributed by atoms with Crippen molar-refractivity contribution >= 4 is 38.9 Å². The average Bonchev–Trinajstić information content (AvgIpc) is 3.35. The smallest absolute Gasteiger partial charge is 0.0629 e. The highest BCUT2D eigenvalue weighted by atomic mass is 15.1. The molecule has 2 aliphatic rings. The van der Waals surface area contributed by atoms with Crippen molar-refractivity contribution in [3.8, 4) is 72.4 Å². The maximum atomic E-state index is 2.53. The maximum absolute atomic E-state index is 2.53. The lowest BCUT2D eigenvalue weighted by Crippen LogP contribution is -2.22. The van der Waals surface area contributed by atoms with Gasteiger partial charge in [-0.1, -0.05) is 232 Å². The fourth-order valence-corrected chi connectivity index (χ4v) is 13.6. The number of hydrogen-bond donors (Lipinski definition) is 0. The predicted molar refractivity (Wildman–Crippen MR) is 332 cm³/mol. The van der Waals surface area contributed by atoms with E-state index in [-0.39, 0.29) is 10.8 Å². The van der Waals surface area contributed by atoms with Gasteiger partial charge in [0.25, 0.3) is 0 Å². The maximum Gasteiger partial charge on any atom is 0.0629 e. The van der Waals surface area contributed by atoms with Crippen LogP contribution in [-0.2, 0) is 10.8 Å². The number of para-hydroxylation sites is 2. The first-order valence-corrected chi connectivity index (χ1v) is 27.7. The molecule has 0 amide bonds. The van der Waals surface area contributed by atoms with Gasteiger partial charge in [0, 0.05) is 49.9 Å². The highest BCUT2D eigenvalue weighted by Crippen LogP contribution is 2.58. The third-order valence-corrected chi connectivity index (χ3v) is 17.4. The van der Waals surface area contributed by atoms with E-state index in [1.165, 1.54) is 105 Å². The van der Waals surface area contributed by atoms with E-state index in [1.807, 2.05) is 0 Å². The van der Waals surface area contributed by atoms with E-state index in [1.54, 1.807) is 0 Å². The largest absolute Gasteiger partial charge is 0.310 e. The predicted octanol–water partition coefficient (Wildman–Crippen LogP) is 20.6. The molecule has 15 rings (SSSR count). The van der Waals surface area contributed by atoms with Crippen LogP contribution in [0.15, 0.2) is 285 Å². The first kappa shape index (κ1) is 46.5. The van der Waals surface area contributed by atoms with Crippen molar-refractivity contribution in [2.24, 2.45) is 0 Å². The molecular weight excluding hydrogens is 953 g/mol. The van der Waals surface area contributed by atoms with Crippen molar-refractivity contribution in [3.63, 3.8) is 0 Å². The van der Waals surface area contributed by atoms with E-state index >= 15 is 0 Å². The van der Waals surface area contributed by atoms with E-state index in [2.05, 4.69) is 315 Å². The highest BCUT2D eigenvalue weighted by molar-refractivity contribution is 6.21. The van der Waals surface area contributed by atoms with Crippen LogP contribution in [0.5, 0.6) is 0 Å². The minimum atomic E-state index is -0.388. The zero-order chi connectivity index (χ0) is 52.8. The van der Waals surface area contributed by atoms with Gasteiger partial charge in [0.15, 0.2) is 0 Å². The molecule has 2 heteroatoms. The number of hydrogen-bond acceptors (Lipinski definition) is 1. The molecule has 13 aromatic rings. The number of fused-ring (bicyclic) bond motifs is 10. The third-order valence-electron chi connectivity index (χ3n) is 17.4. The topological polar surface area (TPSA) is 8.17 Å². The summed E-state index contributed by atoms with van der Waals surface area (Å²) in [5, 5.41) is 2.51. The molecule has 0 bridgehead atoms. The van der Waals surface area contributed by atoms with Gasteiger partial charge < -0.3 is 9.47 Å². The lowest BCUT2D eigenvalue weighted by atomic mass is 9.73. The average molecular weight is 1010 g/mol. The molecule has 2 aliphatic carbocycles. The molecule has 0 aliphatic heterocycles. The quantitative estimate of drug-likeness (QED) is 0.140. The standard InChI is InChI=1S/C77H56N2/c1-76(2)68-36-19-16-33-63(68)64-44-43-61(49-70(64)76)78(62-47-56(51-23-8-4-9-24-51)45-57(48-62)52-25-10-5-11-26-52)60-32-22-27-55(46-60)53-39-41-54(42-40-53)67-50-71-74(65-34-17-20-37-69(65)77(71,3)58-28-12-6-13-29-58)75-73(67)66-35-18-21-38-72(66)79(75)59-30-14-7-15-31-59/h4-50H,1-3H3. The van der Waals surface area contributed by atoms with Gasteiger partial charge in [0.05, 0.1) is 11.0 Å². The fraction of sp³-hybridized carbons (Fsp3) is 0.0649. The summed E-state index contributed by atoms with van der Waals surface area (Å²) in [7, 11) is 0. The van der Waals surface area contributed by atoms with Crippen LogP contribution in [0, 0.1) is 0 Å². The molecule has 1 unspecified atom stereocenters. The Morgan fingerprint density at radius 3 is 1.56 bits per heavy atom. The molecular formula is C77H56N2. The molecule has 0 fully saturated rings. The Hall–Kier alpha value is -9.76. The number of aromatic nitrogens is 1. The monoisotopic (exact) mass is 1010 g/mol. The summed E-state index contributed by atoms with van der Waals surface area (Å²) in [5.74, 6) is 0. The summed E-state index contributed by atoms with van der Waals surface area (Å²) < 4.78 is 2.52. The van der Waals surface area contributed by atoms with Crippen LogP contribution in [0.2, 0.25) is 0 Å². The normalized spacial score (nSPS) is 14.7. The molecule has 2 nitrogen and oxygen atoms in total. The number of nitrogens with zero attached hydrogens (tertiary/aromatic N) is 2. The van der Waals surface area contributed by atoms with Crippen molar-refractivity contribution in [2.75, 3.05) is 4.90 Å². The SMILES string of the molecule is CC1(C)c2ccccc2-c2ccc(N(c3cccc(-c4ccc(-c5cc6c(c7c5c5ccccc5n7-c5ccccc5)-c5ccccc5C6(C)c5ccccc5)cc4)c3)c3cc(-c4ccccc4)cc(-c4ccccc4)c3)cc21. The van der Waals surface area contributed by atoms with Crippen molar-refractivity contribution < 1.29 is 0 Å². The minimum Gasteiger partial charge on any atom is -0.310 e. The number of rotatable bonds is 9. The van der Waals surface area contributed by atoms with Crippen LogP contribution in [-0.4, -0.2) is 4.57 Å². The first-order valence-electron chi connectivity index (χ1n) is 27.7. The van der Waals surface area contributed by atoms with Gasteiger partial charge in [-0.15, -0.1) is 0 Å². The molecule has 12 aromatic carbocycles. The van der Waals surface area contributed by atoms with E-state index in [4.69, 9.17) is 0 Å². The van der Waals surface area contributed by atoms with E-state index in [0.717, 1.165) is 33.9 Å². The number of anilines is 3. The van der Waals surface area contributed by atoms with Crippen LogP contribution in [0.25, 0.3) is 94.3 Å². The van der Waals surface area contributed by atoms with Crippen LogP contribution in [0.4, 0.5) is 17.1 Å². The van der Waals surface area contributed by atoms with E-state index in [9.17, 15) is 0 Å². The fourth-order valence-electron chi connectivity index (χ4n) is 13.6. The minimum absolute atomic E-state index is 0.163. The van der Waals surface area contributed by atoms with Crippen LogP contribution in [0.3, 0.4) is 0 Å². The molecule has 1 heterocycles. The van der Waals surface area contributed by atoms with Gasteiger partial charge in [-0.25, -0.2) is 0 Å². The Balaban J connectivity index is 0.911. The van der Waals surface area contributed by atoms with Crippen LogP contribution >= 0.6 is 0 Å². The van der Waals surface area contributed by atoms with Gasteiger partial charge in [-0.2, -0.15) is 0 Å². The van der Waals surface area contributed by atoms with Gasteiger partial charge in [-0.05, 0) is 163 Å². The van der Waals surface area contributed by atoms with E-state index < -0.39 is 0 Å². The Morgan fingerprint density at radius 1 is 0.316 bits per heavy atom. The molecule has 374 valence electrons. The Labute approximate surface area is 462 Å². The number of benzene rings is 12. The second-order valence-corrected chi connectivity index (χ2v) is 22.2. The second kappa shape index (κ2) is 18.2. The first-order chi connectivity index (χ1) is 38.8. The summed E-state index contributed by atoms with van der Waals surface area (Å²) in [6, 6.07) is 106. The Bertz CT molecular complexity index is 4440. The second-order valence-electron chi connectivity index (χ2n) is 22.2. The lowest BCUT2D eigenvalue weighted by Gasteiger charge is -2.29. The van der Waals surface area contributed by atoms with Gasteiger partial charge >= 0.3 is 0 Å². The molecule has 0 spiro atoms. The highest BCUT2D eigenvalue weighted by Gasteiger charge is 2.43. The van der Waals surface area contributed by atoms with Gasteiger partial charge in [-0.3, -0.25) is 0 Å². The van der Waals surface area contributed by atoms with Crippen LogP contribution < -0.4 is 4.90 Å². The molecule has 0 saturated carbocycles. The summed E-state index contributed by atoms with van der Waals surface area (Å²) in [6.07, 6.45) is 0. The van der Waals surface area contributed by atoms with Crippen molar-refractivity contribution in [3.05, 3.63) is 313 Å². The third kappa shape index (κ3) is 7.32. The molecule has 79 heavy (non-hydrogen) atoms. The summed E-state index contributed by atoms with van der Waals surface area (Å²) >= 11 is 0. The lowest BCUT2D eigenvalue weighted by molar-refractivity contribution is 0.660. The zero-order valence-corrected chi connectivity index (χ0v) is 44.5. The summed E-state index contributed by atoms with van der Waals surface area (Å²) in [6.45, 7) is 7.17. The molecule has 1 aromatic heterocycles. The van der Waals surface area contributed by atoms with Crippen molar-refractivity contribution in [1.29, 1.82) is 0 Å². The van der Waals surface area contributed by atoms with E-state index in [0.29, 0.717) is 0 Å². The molecule has 1 atom stereocenters. The summed E-state index contributed by atoms with van der Waals surface area (Å²) in [4.78, 5) is 2.47. The molecule has 0 saturated heterocycles. The Kier molecular flexibility index (Phi) is 10.7. The molecule has 0 radical (unpaired) electrons. The summed E-state index contributed by atoms with van der Waals surface area (Å²) in [5.41, 5.74) is 27.7. The van der Waals surface area contributed by atoms with Gasteiger partial charge in [0.1, 0.15) is 0 Å². The van der Waals surface area contributed by atoms with Gasteiger partial charge in [0.2, 0.25) is 0 Å².